The van der Waals surface area contributed by atoms with E-state index in [2.05, 4.69) is 33.6 Å². The number of hydrogen-bond acceptors (Lipinski definition) is 6. The van der Waals surface area contributed by atoms with Crippen molar-refractivity contribution in [1.82, 2.24) is 10.3 Å². The van der Waals surface area contributed by atoms with Crippen molar-refractivity contribution < 1.29 is 19.4 Å². The lowest BCUT2D eigenvalue weighted by Crippen LogP contribution is -2.43. The van der Waals surface area contributed by atoms with Crippen LogP contribution in [0.25, 0.3) is 0 Å². The number of rotatable bonds is 9. The standard InChI is InChI=1S/C26H28Cl2N4O4/c1-32-13-12-29-24-22(32)10-7-17(30-24)11-14-36-18-8-5-16(6-9-18)15-21(26(34)35)31-25(33)23-19(27)3-2-4-20(23)28/h3,5-10,21H,2,4,11-15H2,1H3,(H,29,30)(H,31,33)(H,34,35)/t21-/m0/s1. The van der Waals surface area contributed by atoms with E-state index in [0.29, 0.717) is 36.7 Å². The fourth-order valence-corrected chi connectivity index (χ4v) is 4.76. The van der Waals surface area contributed by atoms with Crippen molar-refractivity contribution in [1.29, 1.82) is 0 Å². The monoisotopic (exact) mass is 530 g/mol. The lowest BCUT2D eigenvalue weighted by atomic mass is 10.0. The van der Waals surface area contributed by atoms with Crippen molar-refractivity contribution in [2.45, 2.75) is 31.7 Å². The molecule has 0 bridgehead atoms. The van der Waals surface area contributed by atoms with E-state index in [1.165, 1.54) is 0 Å². The van der Waals surface area contributed by atoms with Crippen LogP contribution >= 0.6 is 23.2 Å². The van der Waals surface area contributed by atoms with Crippen LogP contribution in [0.2, 0.25) is 0 Å². The quantitative estimate of drug-likeness (QED) is 0.448. The Bertz CT molecular complexity index is 1200. The number of aromatic nitrogens is 1. The van der Waals surface area contributed by atoms with Crippen molar-refractivity contribution >= 4 is 46.6 Å². The van der Waals surface area contributed by atoms with E-state index in [1.807, 2.05) is 6.07 Å². The number of nitrogens with one attached hydrogen (secondary N) is 2. The molecule has 2 aromatic rings. The molecule has 1 aromatic carbocycles. The molecule has 0 saturated heterocycles. The number of halogens is 2. The second-order valence-corrected chi connectivity index (χ2v) is 9.56. The Morgan fingerprint density at radius 1 is 1.22 bits per heavy atom. The number of fused-ring (bicyclic) bond motifs is 1. The smallest absolute Gasteiger partial charge is 0.326 e. The molecule has 190 valence electrons. The number of amides is 1. The fourth-order valence-electron chi connectivity index (χ4n) is 4.11. The largest absolute Gasteiger partial charge is 0.493 e. The van der Waals surface area contributed by atoms with Crippen LogP contribution in [0.3, 0.4) is 0 Å². The molecule has 2 aliphatic rings. The molecule has 1 atom stereocenters. The van der Waals surface area contributed by atoms with Gasteiger partial charge in [0.2, 0.25) is 0 Å². The van der Waals surface area contributed by atoms with E-state index in [-0.39, 0.29) is 17.0 Å². The minimum absolute atomic E-state index is 0.105. The number of benzene rings is 1. The highest BCUT2D eigenvalue weighted by atomic mass is 35.5. The summed E-state index contributed by atoms with van der Waals surface area (Å²) in [6, 6.07) is 10.1. The third kappa shape index (κ3) is 6.30. The molecule has 4 rings (SSSR count). The van der Waals surface area contributed by atoms with Gasteiger partial charge in [0.05, 0.1) is 22.9 Å². The first-order valence-electron chi connectivity index (χ1n) is 11.8. The van der Waals surface area contributed by atoms with Gasteiger partial charge in [-0.3, -0.25) is 4.79 Å². The average molecular weight is 531 g/mol. The molecule has 0 fully saturated rings. The number of carbonyl (C=O) groups excluding carboxylic acids is 1. The first-order chi connectivity index (χ1) is 17.3. The van der Waals surface area contributed by atoms with Crippen LogP contribution in [0.4, 0.5) is 11.5 Å². The van der Waals surface area contributed by atoms with Gasteiger partial charge in [0.25, 0.3) is 5.91 Å². The summed E-state index contributed by atoms with van der Waals surface area (Å²) in [4.78, 5) is 31.3. The van der Waals surface area contributed by atoms with Crippen molar-refractivity contribution in [3.8, 4) is 5.75 Å². The predicted octanol–water partition coefficient (Wildman–Crippen LogP) is 4.09. The number of allylic oxidation sites excluding steroid dienone is 2. The molecule has 0 saturated carbocycles. The zero-order valence-electron chi connectivity index (χ0n) is 19.9. The molecule has 0 spiro atoms. The number of carboxylic acid groups (broad SMARTS) is 1. The van der Waals surface area contributed by atoms with Crippen LogP contribution < -0.4 is 20.3 Å². The van der Waals surface area contributed by atoms with Gasteiger partial charge in [0.1, 0.15) is 17.6 Å². The highest BCUT2D eigenvalue weighted by molar-refractivity contribution is 6.40. The van der Waals surface area contributed by atoms with Gasteiger partial charge in [-0.25, -0.2) is 9.78 Å². The van der Waals surface area contributed by atoms with Gasteiger partial charge in [-0.05, 0) is 42.7 Å². The van der Waals surface area contributed by atoms with Crippen molar-refractivity contribution in [3.63, 3.8) is 0 Å². The third-order valence-corrected chi connectivity index (χ3v) is 6.82. The Kier molecular flexibility index (Phi) is 8.38. The van der Waals surface area contributed by atoms with Crippen LogP contribution in [0, 0.1) is 0 Å². The van der Waals surface area contributed by atoms with E-state index in [0.717, 1.165) is 35.9 Å². The summed E-state index contributed by atoms with van der Waals surface area (Å²) in [6.45, 7) is 2.27. The van der Waals surface area contributed by atoms with Crippen molar-refractivity contribution in [2.24, 2.45) is 0 Å². The minimum atomic E-state index is -1.14. The maximum atomic E-state index is 12.6. The third-order valence-electron chi connectivity index (χ3n) is 6.10. The van der Waals surface area contributed by atoms with Crippen LogP contribution in [-0.2, 0) is 22.4 Å². The molecule has 1 aliphatic heterocycles. The molecule has 8 nitrogen and oxygen atoms in total. The van der Waals surface area contributed by atoms with Gasteiger partial charge in [0, 0.05) is 43.7 Å². The molecule has 2 heterocycles. The Labute approximate surface area is 219 Å². The van der Waals surface area contributed by atoms with Gasteiger partial charge >= 0.3 is 5.97 Å². The second kappa shape index (κ2) is 11.7. The zero-order chi connectivity index (χ0) is 25.7. The summed E-state index contributed by atoms with van der Waals surface area (Å²) < 4.78 is 5.85. The lowest BCUT2D eigenvalue weighted by molar-refractivity contribution is -0.141. The van der Waals surface area contributed by atoms with E-state index in [1.54, 1.807) is 30.3 Å². The number of carbonyl (C=O) groups is 2. The molecule has 10 heteroatoms. The molecule has 3 N–H and O–H groups in total. The Hall–Kier alpha value is -3.23. The molecule has 0 radical (unpaired) electrons. The number of anilines is 2. The highest BCUT2D eigenvalue weighted by Gasteiger charge is 2.26. The SMILES string of the molecule is CN1CCNc2nc(CCOc3ccc(C[C@H](NC(=O)C4=C(Cl)CCC=C4Cl)C(=O)O)cc3)ccc21. The summed E-state index contributed by atoms with van der Waals surface area (Å²) in [6.07, 6.45) is 3.60. The maximum Gasteiger partial charge on any atom is 0.326 e. The average Bonchev–Trinajstić information content (AvgIpc) is 2.84. The topological polar surface area (TPSA) is 104 Å². The summed E-state index contributed by atoms with van der Waals surface area (Å²) in [5, 5.41) is 16.1. The Morgan fingerprint density at radius 2 is 2.00 bits per heavy atom. The van der Waals surface area contributed by atoms with Gasteiger partial charge in [-0.15, -0.1) is 0 Å². The highest BCUT2D eigenvalue weighted by Crippen LogP contribution is 2.30. The first kappa shape index (κ1) is 25.9. The zero-order valence-corrected chi connectivity index (χ0v) is 21.4. The number of likely N-dealkylation sites (N-methyl/N-ethyl adjacent to an activating group) is 1. The van der Waals surface area contributed by atoms with Gasteiger partial charge < -0.3 is 25.4 Å². The number of hydrogen-bond donors (Lipinski definition) is 3. The van der Waals surface area contributed by atoms with Crippen LogP contribution in [0.15, 0.2) is 58.1 Å². The second-order valence-electron chi connectivity index (χ2n) is 8.70. The Morgan fingerprint density at radius 3 is 2.72 bits per heavy atom. The number of aliphatic carboxylic acids is 1. The summed E-state index contributed by atoms with van der Waals surface area (Å²) in [5.74, 6) is -0.173. The van der Waals surface area contributed by atoms with Crippen molar-refractivity contribution in [2.75, 3.05) is 37.0 Å². The molecule has 1 aromatic heterocycles. The van der Waals surface area contributed by atoms with E-state index in [9.17, 15) is 14.7 Å². The number of ether oxygens (including phenoxy) is 1. The molecule has 1 amide bonds. The minimum Gasteiger partial charge on any atom is -0.493 e. The maximum absolute atomic E-state index is 12.6. The summed E-state index contributed by atoms with van der Waals surface area (Å²) >= 11 is 12.3. The van der Waals surface area contributed by atoms with Crippen molar-refractivity contribution in [3.05, 3.63) is 69.4 Å². The predicted molar refractivity (Wildman–Crippen MR) is 141 cm³/mol. The number of nitrogens with zero attached hydrogens (tertiary/aromatic N) is 2. The first-order valence-corrected chi connectivity index (χ1v) is 12.5. The van der Waals surface area contributed by atoms with Crippen LogP contribution in [0.5, 0.6) is 5.75 Å². The molecular formula is C26H28Cl2N4O4. The Balaban J connectivity index is 1.31. The van der Waals surface area contributed by atoms with Crippen LogP contribution in [-0.4, -0.2) is 54.8 Å². The van der Waals surface area contributed by atoms with Gasteiger partial charge in [-0.2, -0.15) is 0 Å². The van der Waals surface area contributed by atoms with Gasteiger partial charge in [-0.1, -0.05) is 41.4 Å². The van der Waals surface area contributed by atoms with E-state index < -0.39 is 17.9 Å². The summed E-state index contributed by atoms with van der Waals surface area (Å²) in [5.41, 5.74) is 2.91. The molecule has 1 aliphatic carbocycles. The molecule has 36 heavy (non-hydrogen) atoms. The molecule has 0 unspecified atom stereocenters. The van der Waals surface area contributed by atoms with E-state index in [4.69, 9.17) is 27.9 Å². The van der Waals surface area contributed by atoms with E-state index >= 15 is 0 Å². The fraction of sp³-hybridized carbons (Fsp3) is 0.346. The number of carboxylic acids is 1. The number of pyridine rings is 1. The summed E-state index contributed by atoms with van der Waals surface area (Å²) in [7, 11) is 2.05. The normalized spacial score (nSPS) is 16.0. The lowest BCUT2D eigenvalue weighted by Gasteiger charge is -2.27. The van der Waals surface area contributed by atoms with Crippen LogP contribution in [0.1, 0.15) is 24.1 Å². The molecular weight excluding hydrogens is 503 g/mol. The van der Waals surface area contributed by atoms with Gasteiger partial charge in [0.15, 0.2) is 0 Å².